The van der Waals surface area contributed by atoms with Crippen LogP contribution in [-0.4, -0.2) is 31.5 Å². The Bertz CT molecular complexity index is 1120. The molecule has 2 N–H and O–H groups in total. The predicted octanol–water partition coefficient (Wildman–Crippen LogP) is 4.55. The Labute approximate surface area is 181 Å². The minimum atomic E-state index is -3.58. The van der Waals surface area contributed by atoms with Crippen LogP contribution in [0.1, 0.15) is 30.3 Å². The predicted molar refractivity (Wildman–Crippen MR) is 122 cm³/mol. The molecule has 1 fully saturated rings. The summed E-state index contributed by atoms with van der Waals surface area (Å²) in [5.74, 6) is 1.48. The summed E-state index contributed by atoms with van der Waals surface area (Å²) in [6.07, 6.45) is 3.20. The number of hydrogen-bond donors (Lipinski definition) is 2. The molecule has 1 aliphatic heterocycles. The molecule has 0 unspecified atom stereocenters. The number of hydrogen-bond acceptors (Lipinski definition) is 7. The Morgan fingerprint density at radius 2 is 1.73 bits per heavy atom. The van der Waals surface area contributed by atoms with E-state index in [1.54, 1.807) is 18.2 Å². The quantitative estimate of drug-likeness (QED) is 0.557. The maximum atomic E-state index is 12.6. The van der Waals surface area contributed by atoms with Crippen LogP contribution in [0.25, 0.3) is 0 Å². The van der Waals surface area contributed by atoms with Crippen molar-refractivity contribution in [1.82, 2.24) is 9.97 Å². The number of benzene rings is 1. The van der Waals surface area contributed by atoms with Gasteiger partial charge in [0.1, 0.15) is 10.0 Å². The Kier molecular flexibility index (Phi) is 5.92. The molecule has 0 spiro atoms. The first kappa shape index (κ1) is 20.6. The van der Waals surface area contributed by atoms with Crippen LogP contribution in [0.3, 0.4) is 0 Å². The minimum absolute atomic E-state index is 0.323. The summed E-state index contributed by atoms with van der Waals surface area (Å²) < 4.78 is 28.1. The molecule has 7 nitrogen and oxygen atoms in total. The first-order valence-electron chi connectivity index (χ1n) is 10.0. The molecular weight excluding hydrogens is 418 g/mol. The highest BCUT2D eigenvalue weighted by molar-refractivity contribution is 7.94. The highest BCUT2D eigenvalue weighted by Gasteiger charge is 2.17. The van der Waals surface area contributed by atoms with Gasteiger partial charge in [-0.15, -0.1) is 11.3 Å². The fraction of sp³-hybridized carbons (Fsp3) is 0.333. The fourth-order valence-electron chi connectivity index (χ4n) is 3.36. The number of nitrogens with zero attached hydrogens (tertiary/aromatic N) is 3. The monoisotopic (exact) mass is 443 g/mol. The van der Waals surface area contributed by atoms with Crippen LogP contribution < -0.4 is 14.9 Å². The molecule has 3 heterocycles. The van der Waals surface area contributed by atoms with Gasteiger partial charge in [-0.2, -0.15) is 4.98 Å². The zero-order valence-corrected chi connectivity index (χ0v) is 18.7. The largest absolute Gasteiger partial charge is 0.356 e. The molecule has 30 heavy (non-hydrogen) atoms. The summed E-state index contributed by atoms with van der Waals surface area (Å²) in [5.41, 5.74) is 2.21. The third-order valence-corrected chi connectivity index (χ3v) is 8.02. The van der Waals surface area contributed by atoms with Crippen molar-refractivity contribution in [1.29, 1.82) is 0 Å². The van der Waals surface area contributed by atoms with E-state index in [1.807, 2.05) is 38.1 Å². The first-order chi connectivity index (χ1) is 14.4. The normalized spacial score (nSPS) is 14.1. The lowest BCUT2D eigenvalue weighted by molar-refractivity contribution is 0.603. The molecule has 9 heteroatoms. The Balaban J connectivity index is 1.46. The van der Waals surface area contributed by atoms with Crippen molar-refractivity contribution in [2.75, 3.05) is 28.0 Å². The van der Waals surface area contributed by atoms with Crippen LogP contribution in [0.15, 0.2) is 46.7 Å². The molecular formula is C21H25N5O2S2. The van der Waals surface area contributed by atoms with Gasteiger partial charge in [-0.25, -0.2) is 13.4 Å². The molecule has 1 aliphatic rings. The minimum Gasteiger partial charge on any atom is -0.356 e. The fourth-order valence-corrected chi connectivity index (χ4v) is 5.72. The highest BCUT2D eigenvalue weighted by atomic mass is 32.2. The van der Waals surface area contributed by atoms with Crippen LogP contribution in [0, 0.1) is 6.92 Å². The topological polar surface area (TPSA) is 87.2 Å². The Hall–Kier alpha value is -2.65. The third kappa shape index (κ3) is 4.73. The van der Waals surface area contributed by atoms with Crippen molar-refractivity contribution in [2.24, 2.45) is 0 Å². The summed E-state index contributed by atoms with van der Waals surface area (Å²) in [6, 6.07) is 12.6. The van der Waals surface area contributed by atoms with Gasteiger partial charge in [0.15, 0.2) is 0 Å². The molecule has 158 valence electrons. The van der Waals surface area contributed by atoms with Crippen LogP contribution in [0.4, 0.5) is 23.1 Å². The lowest BCUT2D eigenvalue weighted by Crippen LogP contribution is -2.19. The summed E-state index contributed by atoms with van der Waals surface area (Å²) in [4.78, 5) is 12.4. The molecule has 1 aromatic carbocycles. The number of thiophene rings is 1. The lowest BCUT2D eigenvalue weighted by Gasteiger charge is -2.17. The molecule has 0 atom stereocenters. The van der Waals surface area contributed by atoms with Gasteiger partial charge in [-0.1, -0.05) is 6.92 Å². The van der Waals surface area contributed by atoms with E-state index in [4.69, 9.17) is 0 Å². The van der Waals surface area contributed by atoms with E-state index < -0.39 is 10.0 Å². The number of sulfonamides is 1. The lowest BCUT2D eigenvalue weighted by atomic mass is 10.3. The van der Waals surface area contributed by atoms with Crippen molar-refractivity contribution >= 4 is 44.5 Å². The summed E-state index contributed by atoms with van der Waals surface area (Å²) in [6.45, 7) is 6.01. The van der Waals surface area contributed by atoms with Gasteiger partial charge < -0.3 is 10.2 Å². The van der Waals surface area contributed by atoms with Crippen LogP contribution in [-0.2, 0) is 16.4 Å². The number of nitrogens with one attached hydrogen (secondary N) is 2. The van der Waals surface area contributed by atoms with Gasteiger partial charge in [-0.3, -0.25) is 4.72 Å². The summed E-state index contributed by atoms with van der Waals surface area (Å²) >= 11 is 1.29. The van der Waals surface area contributed by atoms with Gasteiger partial charge in [0.05, 0.1) is 0 Å². The van der Waals surface area contributed by atoms with Crippen LogP contribution in [0.2, 0.25) is 0 Å². The molecule has 4 rings (SSSR count). The van der Waals surface area contributed by atoms with Crippen molar-refractivity contribution in [3.63, 3.8) is 0 Å². The van der Waals surface area contributed by atoms with Crippen molar-refractivity contribution in [3.05, 3.63) is 53.0 Å². The molecule has 2 aromatic heterocycles. The second-order valence-corrected chi connectivity index (χ2v) is 10.3. The standard InChI is InChI=1S/C21H25N5O2S2/c1-3-18-10-11-20(29-18)30(27,28)25-17-8-6-16(7-9-17)23-21-22-15(2)14-19(24-21)26-12-4-5-13-26/h6-11,14,25H,3-5,12-13H2,1-2H3,(H,22,23,24). The summed E-state index contributed by atoms with van der Waals surface area (Å²) in [7, 11) is -3.58. The van der Waals surface area contributed by atoms with Crippen molar-refractivity contribution < 1.29 is 8.42 Å². The van der Waals surface area contributed by atoms with Crippen molar-refractivity contribution in [3.8, 4) is 0 Å². The number of anilines is 4. The van der Waals surface area contributed by atoms with Gasteiger partial charge >= 0.3 is 0 Å². The zero-order chi connectivity index (χ0) is 21.1. The Morgan fingerprint density at radius 1 is 1.03 bits per heavy atom. The third-order valence-electron chi connectivity index (χ3n) is 4.91. The number of aromatic nitrogens is 2. The average Bonchev–Trinajstić information content (AvgIpc) is 3.41. The van der Waals surface area contributed by atoms with Crippen LogP contribution in [0.5, 0.6) is 0 Å². The van der Waals surface area contributed by atoms with E-state index in [0.717, 1.165) is 41.6 Å². The van der Waals surface area contributed by atoms with E-state index in [-0.39, 0.29) is 0 Å². The smallest absolute Gasteiger partial charge is 0.271 e. The zero-order valence-electron chi connectivity index (χ0n) is 17.1. The van der Waals surface area contributed by atoms with Gasteiger partial charge in [0.2, 0.25) is 5.95 Å². The maximum Gasteiger partial charge on any atom is 0.271 e. The molecule has 0 amide bonds. The number of rotatable bonds is 7. The Morgan fingerprint density at radius 3 is 2.40 bits per heavy atom. The van der Waals surface area contributed by atoms with E-state index in [1.165, 1.54) is 24.2 Å². The second kappa shape index (κ2) is 8.61. The molecule has 0 radical (unpaired) electrons. The first-order valence-corrected chi connectivity index (χ1v) is 12.3. The second-order valence-electron chi connectivity index (χ2n) is 7.27. The van der Waals surface area contributed by atoms with E-state index in [2.05, 4.69) is 24.9 Å². The average molecular weight is 444 g/mol. The number of aryl methyl sites for hydroxylation is 2. The molecule has 0 aliphatic carbocycles. The van der Waals surface area contributed by atoms with Crippen molar-refractivity contribution in [2.45, 2.75) is 37.3 Å². The van der Waals surface area contributed by atoms with Gasteiger partial charge in [0.25, 0.3) is 10.0 Å². The van der Waals surface area contributed by atoms with Crippen LogP contribution >= 0.6 is 11.3 Å². The van der Waals surface area contributed by atoms with E-state index in [9.17, 15) is 8.42 Å². The van der Waals surface area contributed by atoms with Gasteiger partial charge in [-0.05, 0) is 62.6 Å². The molecule has 1 saturated heterocycles. The highest BCUT2D eigenvalue weighted by Crippen LogP contribution is 2.26. The maximum absolute atomic E-state index is 12.6. The molecule has 0 saturated carbocycles. The van der Waals surface area contributed by atoms with Gasteiger partial charge in [0, 0.05) is 41.1 Å². The van der Waals surface area contributed by atoms with E-state index >= 15 is 0 Å². The SMILES string of the molecule is CCc1ccc(S(=O)(=O)Nc2ccc(Nc3nc(C)cc(N4CCCC4)n3)cc2)s1. The molecule has 0 bridgehead atoms. The molecule has 3 aromatic rings. The summed E-state index contributed by atoms with van der Waals surface area (Å²) in [5, 5.41) is 3.22. The van der Waals surface area contributed by atoms with E-state index in [0.29, 0.717) is 15.8 Å².